The summed E-state index contributed by atoms with van der Waals surface area (Å²) in [6.07, 6.45) is 0. The maximum Gasteiger partial charge on any atom is 0.261 e. The molecule has 1 N–H and O–H groups in total. The molecule has 0 fully saturated rings. The number of rotatable bonds is 5. The molecule has 3 rings (SSSR count). The Balaban J connectivity index is 1.76. The molecule has 0 radical (unpaired) electrons. The van der Waals surface area contributed by atoms with E-state index in [1.807, 2.05) is 32.0 Å². The number of para-hydroxylation sites is 1. The molecule has 0 bridgehead atoms. The van der Waals surface area contributed by atoms with E-state index in [4.69, 9.17) is 4.74 Å². The quantitative estimate of drug-likeness (QED) is 0.566. The van der Waals surface area contributed by atoms with Gasteiger partial charge in [0.05, 0.1) is 4.90 Å². The van der Waals surface area contributed by atoms with Crippen molar-refractivity contribution >= 4 is 31.6 Å². The van der Waals surface area contributed by atoms with E-state index in [2.05, 4.69) is 20.7 Å². The van der Waals surface area contributed by atoms with Crippen LogP contribution in [0.2, 0.25) is 0 Å². The minimum atomic E-state index is -3.63. The summed E-state index contributed by atoms with van der Waals surface area (Å²) in [7, 11) is -3.63. The number of hydrogen-bond donors (Lipinski definition) is 1. The first kappa shape index (κ1) is 18.5. The summed E-state index contributed by atoms with van der Waals surface area (Å²) >= 11 is 3.30. The molecule has 6 heteroatoms. The molecule has 0 atom stereocenters. The summed E-state index contributed by atoms with van der Waals surface area (Å²) in [5.41, 5.74) is 2.57. The lowest BCUT2D eigenvalue weighted by molar-refractivity contribution is 0.475. The molecule has 0 unspecified atom stereocenters. The SMILES string of the molecule is Cc1cccc(C)c1Oc1ccc(NS(=O)(=O)c2ccc(Br)cc2)cc1. The van der Waals surface area contributed by atoms with Crippen LogP contribution < -0.4 is 9.46 Å². The number of aryl methyl sites for hydroxylation is 2. The Morgan fingerprint density at radius 2 is 1.42 bits per heavy atom. The molecule has 0 aliphatic carbocycles. The van der Waals surface area contributed by atoms with Crippen LogP contribution >= 0.6 is 15.9 Å². The maximum atomic E-state index is 12.4. The van der Waals surface area contributed by atoms with E-state index in [1.54, 1.807) is 48.5 Å². The third-order valence-electron chi connectivity index (χ3n) is 3.86. The normalized spacial score (nSPS) is 11.2. The molecule has 0 spiro atoms. The molecular formula is C20H18BrNO3S. The van der Waals surface area contributed by atoms with E-state index in [1.165, 1.54) is 0 Å². The monoisotopic (exact) mass is 431 g/mol. The molecule has 3 aromatic carbocycles. The lowest BCUT2D eigenvalue weighted by Crippen LogP contribution is -2.12. The molecule has 4 nitrogen and oxygen atoms in total. The fraction of sp³-hybridized carbons (Fsp3) is 0.100. The summed E-state index contributed by atoms with van der Waals surface area (Å²) in [5, 5.41) is 0. The van der Waals surface area contributed by atoms with Crippen LogP contribution in [0.5, 0.6) is 11.5 Å². The van der Waals surface area contributed by atoms with Crippen molar-refractivity contribution < 1.29 is 13.2 Å². The van der Waals surface area contributed by atoms with E-state index in [-0.39, 0.29) is 4.90 Å². The van der Waals surface area contributed by atoms with Crippen LogP contribution in [0.4, 0.5) is 5.69 Å². The van der Waals surface area contributed by atoms with Gasteiger partial charge < -0.3 is 4.74 Å². The first-order valence-corrected chi connectivity index (χ1v) is 10.3. The number of ether oxygens (including phenoxy) is 1. The van der Waals surface area contributed by atoms with Gasteiger partial charge in [-0.3, -0.25) is 4.72 Å². The van der Waals surface area contributed by atoms with Gasteiger partial charge in [0.15, 0.2) is 0 Å². The van der Waals surface area contributed by atoms with E-state index in [0.29, 0.717) is 11.4 Å². The van der Waals surface area contributed by atoms with Crippen molar-refractivity contribution in [2.45, 2.75) is 18.7 Å². The van der Waals surface area contributed by atoms with Gasteiger partial charge in [-0.05, 0) is 73.5 Å². The number of benzene rings is 3. The van der Waals surface area contributed by atoms with Gasteiger partial charge in [-0.2, -0.15) is 0 Å². The fourth-order valence-electron chi connectivity index (χ4n) is 2.50. The van der Waals surface area contributed by atoms with Gasteiger partial charge in [-0.25, -0.2) is 8.42 Å². The highest BCUT2D eigenvalue weighted by Gasteiger charge is 2.14. The van der Waals surface area contributed by atoms with Crippen molar-refractivity contribution in [3.05, 3.63) is 82.3 Å². The Morgan fingerprint density at radius 1 is 0.846 bits per heavy atom. The van der Waals surface area contributed by atoms with Crippen LogP contribution in [0, 0.1) is 13.8 Å². The van der Waals surface area contributed by atoms with Gasteiger partial charge in [-0.15, -0.1) is 0 Å². The molecule has 134 valence electrons. The maximum absolute atomic E-state index is 12.4. The summed E-state index contributed by atoms with van der Waals surface area (Å²) in [5.74, 6) is 1.46. The fourth-order valence-corrected chi connectivity index (χ4v) is 3.82. The van der Waals surface area contributed by atoms with Crippen molar-refractivity contribution in [3.8, 4) is 11.5 Å². The second-order valence-corrected chi connectivity index (χ2v) is 8.50. The third kappa shape index (κ3) is 4.26. The lowest BCUT2D eigenvalue weighted by atomic mass is 10.1. The van der Waals surface area contributed by atoms with Gasteiger partial charge in [-0.1, -0.05) is 34.1 Å². The van der Waals surface area contributed by atoms with Crippen molar-refractivity contribution in [2.24, 2.45) is 0 Å². The number of anilines is 1. The highest BCUT2D eigenvalue weighted by molar-refractivity contribution is 9.10. The average Bonchev–Trinajstić information content (AvgIpc) is 2.60. The molecule has 0 aliphatic heterocycles. The van der Waals surface area contributed by atoms with Crippen molar-refractivity contribution in [1.29, 1.82) is 0 Å². The lowest BCUT2D eigenvalue weighted by Gasteiger charge is -2.12. The zero-order valence-electron chi connectivity index (χ0n) is 14.4. The minimum absolute atomic E-state index is 0.205. The zero-order chi connectivity index (χ0) is 18.7. The third-order valence-corrected chi connectivity index (χ3v) is 5.79. The van der Waals surface area contributed by atoms with Gasteiger partial charge in [0, 0.05) is 10.2 Å². The molecule has 3 aromatic rings. The first-order valence-electron chi connectivity index (χ1n) is 7.98. The van der Waals surface area contributed by atoms with Crippen molar-refractivity contribution in [3.63, 3.8) is 0 Å². The average molecular weight is 432 g/mol. The predicted molar refractivity (Wildman–Crippen MR) is 107 cm³/mol. The van der Waals surface area contributed by atoms with Crippen LogP contribution in [0.15, 0.2) is 76.1 Å². The zero-order valence-corrected chi connectivity index (χ0v) is 16.8. The van der Waals surface area contributed by atoms with Gasteiger partial charge in [0.2, 0.25) is 0 Å². The molecule has 0 saturated carbocycles. The van der Waals surface area contributed by atoms with Gasteiger partial charge in [0.25, 0.3) is 10.0 Å². The predicted octanol–water partition coefficient (Wildman–Crippen LogP) is 5.66. The van der Waals surface area contributed by atoms with E-state index in [9.17, 15) is 8.42 Å². The van der Waals surface area contributed by atoms with Gasteiger partial charge >= 0.3 is 0 Å². The standard InChI is InChI=1S/C20H18BrNO3S/c1-14-4-3-5-15(2)20(14)25-18-10-8-17(9-11-18)22-26(23,24)19-12-6-16(21)7-13-19/h3-13,22H,1-2H3. The second-order valence-electron chi connectivity index (χ2n) is 5.91. The molecule has 0 aliphatic rings. The molecular weight excluding hydrogens is 414 g/mol. The summed E-state index contributed by atoms with van der Waals surface area (Å²) < 4.78 is 34.2. The molecule has 0 saturated heterocycles. The Labute approximate surface area is 162 Å². The topological polar surface area (TPSA) is 55.4 Å². The largest absolute Gasteiger partial charge is 0.457 e. The molecule has 0 heterocycles. The van der Waals surface area contributed by atoms with Gasteiger partial charge in [0.1, 0.15) is 11.5 Å². The summed E-state index contributed by atoms with van der Waals surface area (Å²) in [6, 6.07) is 19.3. The van der Waals surface area contributed by atoms with Crippen LogP contribution in [0.3, 0.4) is 0 Å². The molecule has 0 aromatic heterocycles. The Bertz CT molecular complexity index is 994. The number of halogens is 1. The first-order chi connectivity index (χ1) is 12.3. The minimum Gasteiger partial charge on any atom is -0.457 e. The van der Waals surface area contributed by atoms with Crippen LogP contribution in [-0.2, 0) is 10.0 Å². The Hall–Kier alpha value is -2.31. The van der Waals surface area contributed by atoms with Crippen LogP contribution in [-0.4, -0.2) is 8.42 Å². The number of sulfonamides is 1. The Kier molecular flexibility index (Phi) is 5.34. The molecule has 0 amide bonds. The summed E-state index contributed by atoms with van der Waals surface area (Å²) in [6.45, 7) is 3.98. The highest BCUT2D eigenvalue weighted by Crippen LogP contribution is 2.29. The number of hydrogen-bond acceptors (Lipinski definition) is 3. The van der Waals surface area contributed by atoms with Crippen molar-refractivity contribution in [1.82, 2.24) is 0 Å². The van der Waals surface area contributed by atoms with Crippen LogP contribution in [0.1, 0.15) is 11.1 Å². The smallest absolute Gasteiger partial charge is 0.261 e. The highest BCUT2D eigenvalue weighted by atomic mass is 79.9. The van der Waals surface area contributed by atoms with E-state index in [0.717, 1.165) is 21.3 Å². The summed E-state index contributed by atoms with van der Waals surface area (Å²) in [4.78, 5) is 0.205. The van der Waals surface area contributed by atoms with Crippen LogP contribution in [0.25, 0.3) is 0 Å². The Morgan fingerprint density at radius 3 is 2.00 bits per heavy atom. The molecule has 26 heavy (non-hydrogen) atoms. The van der Waals surface area contributed by atoms with E-state index >= 15 is 0 Å². The second kappa shape index (κ2) is 7.51. The van der Waals surface area contributed by atoms with E-state index < -0.39 is 10.0 Å². The number of nitrogens with one attached hydrogen (secondary N) is 1. The van der Waals surface area contributed by atoms with Crippen molar-refractivity contribution in [2.75, 3.05) is 4.72 Å².